The molecule has 15 heavy (non-hydrogen) atoms. The number of aldehydes is 1. The Morgan fingerprint density at radius 3 is 2.73 bits per heavy atom. The van der Waals surface area contributed by atoms with Crippen molar-refractivity contribution >= 4 is 12.2 Å². The van der Waals surface area contributed by atoms with Crippen LogP contribution in [0.1, 0.15) is 25.7 Å². The van der Waals surface area contributed by atoms with Crippen LogP contribution in [0.5, 0.6) is 0 Å². The van der Waals surface area contributed by atoms with E-state index in [9.17, 15) is 9.59 Å². The molecule has 0 heterocycles. The molecule has 0 saturated heterocycles. The van der Waals surface area contributed by atoms with Crippen LogP contribution in [0.4, 0.5) is 0 Å². The number of nitrogens with zero attached hydrogens (tertiary/aromatic N) is 2. The fraction of sp³-hybridized carbons (Fsp3) is 0.800. The van der Waals surface area contributed by atoms with Crippen LogP contribution in [0.25, 0.3) is 0 Å². The third-order valence-electron chi connectivity index (χ3n) is 1.81. The summed E-state index contributed by atoms with van der Waals surface area (Å²) >= 11 is 0. The van der Waals surface area contributed by atoms with Gasteiger partial charge in [-0.2, -0.15) is 5.43 Å². The molecule has 0 spiro atoms. The van der Waals surface area contributed by atoms with Gasteiger partial charge in [0.1, 0.15) is 6.29 Å². The molecule has 0 aromatic rings. The van der Waals surface area contributed by atoms with Crippen molar-refractivity contribution < 1.29 is 9.59 Å². The highest BCUT2D eigenvalue weighted by Crippen LogP contribution is 1.91. The zero-order chi connectivity index (χ0) is 11.5. The first-order chi connectivity index (χ1) is 7.16. The van der Waals surface area contributed by atoms with Gasteiger partial charge in [-0.25, -0.2) is 5.43 Å². The lowest BCUT2D eigenvalue weighted by molar-refractivity contribution is -0.122. The molecule has 0 fully saturated rings. The van der Waals surface area contributed by atoms with Crippen molar-refractivity contribution in [1.29, 1.82) is 0 Å². The summed E-state index contributed by atoms with van der Waals surface area (Å²) in [6, 6.07) is 0. The fourth-order valence-electron chi connectivity index (χ4n) is 1.01. The molecule has 1 amide bonds. The van der Waals surface area contributed by atoms with E-state index in [0.717, 1.165) is 19.3 Å². The molecule has 0 aliphatic heterocycles. The summed E-state index contributed by atoms with van der Waals surface area (Å²) < 4.78 is 0. The maximum Gasteiger partial charge on any atom is 0.257 e. The smallest absolute Gasteiger partial charge is 0.257 e. The molecule has 0 rings (SSSR count). The summed E-state index contributed by atoms with van der Waals surface area (Å²) in [6.07, 6.45) is 3.14. The highest BCUT2D eigenvalue weighted by molar-refractivity contribution is 5.75. The molecule has 0 unspecified atom stereocenters. The Balaban J connectivity index is 3.20. The summed E-state index contributed by atoms with van der Waals surface area (Å²) in [5, 5.41) is 0. The molecule has 0 aliphatic carbocycles. The highest BCUT2D eigenvalue weighted by atomic mass is 16.2. The minimum absolute atomic E-state index is 0.179. The average Bonchev–Trinajstić information content (AvgIpc) is 2.17. The van der Waals surface area contributed by atoms with Gasteiger partial charge in [-0.15, -0.1) is 0 Å². The second-order valence-electron chi connectivity index (χ2n) is 3.63. The quantitative estimate of drug-likeness (QED) is 0.332. The third-order valence-corrected chi connectivity index (χ3v) is 1.81. The van der Waals surface area contributed by atoms with Crippen LogP contribution in [-0.2, 0) is 9.59 Å². The number of carbonyl (C=O) groups excluding carboxylic acids is 2. The maximum atomic E-state index is 11.1. The first-order valence-electron chi connectivity index (χ1n) is 5.21. The average molecular weight is 214 g/mol. The van der Waals surface area contributed by atoms with Gasteiger partial charge in [-0.3, -0.25) is 4.79 Å². The summed E-state index contributed by atoms with van der Waals surface area (Å²) in [4.78, 5) is 23.1. The predicted octanol–water partition coefficient (Wildman–Crippen LogP) is -0.0571. The lowest BCUT2D eigenvalue weighted by atomic mass is 10.2. The second-order valence-corrected chi connectivity index (χ2v) is 3.63. The largest absolute Gasteiger partial charge is 0.309 e. The van der Waals surface area contributed by atoms with E-state index in [4.69, 9.17) is 0 Å². The Bertz CT molecular complexity index is 184. The molecule has 1 N–H and O–H groups in total. The van der Waals surface area contributed by atoms with E-state index in [2.05, 4.69) is 15.8 Å². The normalized spacial score (nSPS) is 10.3. The molecule has 1 radical (unpaired) electrons. The molecule has 0 aliphatic rings. The van der Waals surface area contributed by atoms with Gasteiger partial charge in [-0.05, 0) is 33.5 Å². The van der Waals surface area contributed by atoms with Crippen LogP contribution >= 0.6 is 0 Å². The fourth-order valence-corrected chi connectivity index (χ4v) is 1.01. The first kappa shape index (κ1) is 14.1. The topological polar surface area (TPSA) is 63.5 Å². The van der Waals surface area contributed by atoms with Crippen LogP contribution < -0.4 is 10.9 Å². The van der Waals surface area contributed by atoms with Crippen molar-refractivity contribution in [3.8, 4) is 0 Å². The van der Waals surface area contributed by atoms with Gasteiger partial charge in [0, 0.05) is 19.4 Å². The Morgan fingerprint density at radius 1 is 1.40 bits per heavy atom. The number of nitrogens with one attached hydrogen (secondary N) is 1. The predicted molar refractivity (Wildman–Crippen MR) is 58.2 cm³/mol. The molecular weight excluding hydrogens is 194 g/mol. The van der Waals surface area contributed by atoms with Gasteiger partial charge in [0.05, 0.1) is 0 Å². The number of carbonyl (C=O) groups is 2. The van der Waals surface area contributed by atoms with Gasteiger partial charge in [0.2, 0.25) is 0 Å². The highest BCUT2D eigenvalue weighted by Gasteiger charge is 2.01. The van der Waals surface area contributed by atoms with Crippen LogP contribution in [0.15, 0.2) is 0 Å². The van der Waals surface area contributed by atoms with E-state index in [-0.39, 0.29) is 5.91 Å². The molecule has 0 atom stereocenters. The van der Waals surface area contributed by atoms with Crippen molar-refractivity contribution in [2.45, 2.75) is 25.7 Å². The Hall–Kier alpha value is -0.940. The van der Waals surface area contributed by atoms with E-state index in [1.807, 2.05) is 14.1 Å². The lowest BCUT2D eigenvalue weighted by Gasteiger charge is -2.08. The van der Waals surface area contributed by atoms with Crippen LogP contribution in [0.2, 0.25) is 0 Å². The number of unbranched alkanes of at least 4 members (excludes halogenated alkanes) is 1. The third kappa shape index (κ3) is 11.0. The molecule has 5 nitrogen and oxygen atoms in total. The molecule has 0 aromatic carbocycles. The monoisotopic (exact) mass is 214 g/mol. The number of rotatable bonds is 9. The maximum absolute atomic E-state index is 11.1. The molecule has 0 bridgehead atoms. The van der Waals surface area contributed by atoms with Crippen molar-refractivity contribution in [2.24, 2.45) is 0 Å². The zero-order valence-electron chi connectivity index (χ0n) is 9.53. The van der Waals surface area contributed by atoms with Gasteiger partial charge >= 0.3 is 0 Å². The van der Waals surface area contributed by atoms with E-state index in [0.29, 0.717) is 25.8 Å². The first-order valence-corrected chi connectivity index (χ1v) is 5.21. The Labute approximate surface area is 91.2 Å². The molecular formula is C10H20N3O2. The number of hydrogen-bond acceptors (Lipinski definition) is 4. The van der Waals surface area contributed by atoms with Crippen LogP contribution in [0.3, 0.4) is 0 Å². The number of amides is 1. The van der Waals surface area contributed by atoms with Crippen molar-refractivity contribution in [2.75, 3.05) is 27.2 Å². The summed E-state index contributed by atoms with van der Waals surface area (Å²) in [5.74, 6) is -0.179. The van der Waals surface area contributed by atoms with E-state index in [1.165, 1.54) is 0 Å². The summed E-state index contributed by atoms with van der Waals surface area (Å²) in [7, 11) is 4.00. The zero-order valence-corrected chi connectivity index (χ0v) is 9.53. The molecule has 5 heteroatoms. The SMILES string of the molecule is CN(C)CCCN[N]C(=O)CCCC=O. The second kappa shape index (κ2) is 9.61. The standard InChI is InChI=1S/C10H20N3O2/c1-13(2)8-5-7-11-12-10(15)6-3-4-9-14/h9,11H,3-8H2,1-2H3. The van der Waals surface area contributed by atoms with E-state index >= 15 is 0 Å². The molecule has 0 aromatic heterocycles. The van der Waals surface area contributed by atoms with Gasteiger partial charge in [-0.1, -0.05) is 0 Å². The van der Waals surface area contributed by atoms with E-state index < -0.39 is 0 Å². The summed E-state index contributed by atoms with van der Waals surface area (Å²) in [6.45, 7) is 1.68. The Morgan fingerprint density at radius 2 is 2.13 bits per heavy atom. The minimum atomic E-state index is -0.179. The van der Waals surface area contributed by atoms with E-state index in [1.54, 1.807) is 0 Å². The van der Waals surface area contributed by atoms with Crippen molar-refractivity contribution in [3.63, 3.8) is 0 Å². The van der Waals surface area contributed by atoms with Crippen molar-refractivity contribution in [1.82, 2.24) is 15.8 Å². The van der Waals surface area contributed by atoms with Gasteiger partial charge < -0.3 is 9.69 Å². The van der Waals surface area contributed by atoms with Crippen LogP contribution in [0, 0.1) is 0 Å². The van der Waals surface area contributed by atoms with Crippen molar-refractivity contribution in [3.05, 3.63) is 0 Å². The molecule has 87 valence electrons. The summed E-state index contributed by atoms with van der Waals surface area (Å²) in [5.41, 5.74) is 6.40. The van der Waals surface area contributed by atoms with Gasteiger partial charge in [0.25, 0.3) is 5.91 Å². The van der Waals surface area contributed by atoms with Gasteiger partial charge in [0.15, 0.2) is 0 Å². The Kier molecular flexibility index (Phi) is 9.01. The van der Waals surface area contributed by atoms with Crippen LogP contribution in [-0.4, -0.2) is 44.3 Å². The lowest BCUT2D eigenvalue weighted by Crippen LogP contribution is -2.32. The minimum Gasteiger partial charge on any atom is -0.309 e. The number of hydrogen-bond donors (Lipinski definition) is 1. The molecule has 0 saturated carbocycles.